The molecule has 2 saturated carbocycles. The van der Waals surface area contributed by atoms with E-state index in [0.717, 1.165) is 48.8 Å². The molecule has 6 heteroatoms. The Bertz CT molecular complexity index is 1340. The van der Waals surface area contributed by atoms with Crippen LogP contribution in [-0.4, -0.2) is 55.9 Å². The number of amides is 1. The van der Waals surface area contributed by atoms with Crippen molar-refractivity contribution in [1.82, 2.24) is 10.2 Å². The summed E-state index contributed by atoms with van der Waals surface area (Å²) >= 11 is 0. The van der Waals surface area contributed by atoms with Gasteiger partial charge in [-0.2, -0.15) is 0 Å². The number of methoxy groups -OCH3 is 2. The summed E-state index contributed by atoms with van der Waals surface area (Å²) in [6.45, 7) is 2.75. The lowest BCUT2D eigenvalue weighted by Crippen LogP contribution is -2.80. The van der Waals surface area contributed by atoms with Crippen molar-refractivity contribution < 1.29 is 19.0 Å². The summed E-state index contributed by atoms with van der Waals surface area (Å²) in [5.74, 6) is 2.22. The molecule has 0 aromatic heterocycles. The number of ether oxygens (including phenoxy) is 3. The van der Waals surface area contributed by atoms with Crippen LogP contribution in [0.15, 0.2) is 54.6 Å². The van der Waals surface area contributed by atoms with Crippen molar-refractivity contribution in [1.29, 1.82) is 0 Å². The Morgan fingerprint density at radius 1 is 1.13 bits per heavy atom. The standard InChI is InChI=1S/C32H36N2O4/c1-36-24-11-10-22-16-25-30-12-13-32(37-2,23(17-30)28(35)33-18-20-6-4-3-5-7-20)29-31(30,26(22)27(24)38-29)14-15-34(25)19-21-8-9-21/h3-7,10-13,21,23,25,29H,8-9,14-19H2,1-2H3,(H,33,35)/t23-,25+,29?,30-,31+,32?/m1/s1. The van der Waals surface area contributed by atoms with Crippen molar-refractivity contribution in [3.8, 4) is 11.5 Å². The molecule has 6 nitrogen and oxygen atoms in total. The van der Waals surface area contributed by atoms with Crippen LogP contribution in [0.3, 0.4) is 0 Å². The second kappa shape index (κ2) is 7.86. The Labute approximate surface area is 224 Å². The fraction of sp³-hybridized carbons (Fsp3) is 0.531. The molecular formula is C32H36N2O4. The van der Waals surface area contributed by atoms with Crippen LogP contribution in [0.2, 0.25) is 0 Å². The number of piperidine rings is 1. The average Bonchev–Trinajstić information content (AvgIpc) is 3.70. The van der Waals surface area contributed by atoms with E-state index < -0.39 is 5.60 Å². The Balaban J connectivity index is 1.26. The van der Waals surface area contributed by atoms with E-state index in [0.29, 0.717) is 12.6 Å². The monoisotopic (exact) mass is 512 g/mol. The highest BCUT2D eigenvalue weighted by atomic mass is 16.6. The number of rotatable bonds is 7. The molecule has 2 aromatic rings. The molecule has 2 aliphatic heterocycles. The number of fused-ring (bicyclic) bond motifs is 1. The summed E-state index contributed by atoms with van der Waals surface area (Å²) in [4.78, 5) is 16.8. The molecule has 198 valence electrons. The maximum absolute atomic E-state index is 14.1. The molecule has 7 aliphatic rings. The fourth-order valence-electron chi connectivity index (χ4n) is 9.13. The van der Waals surface area contributed by atoms with E-state index in [9.17, 15) is 4.79 Å². The molecule has 2 heterocycles. The van der Waals surface area contributed by atoms with Crippen molar-refractivity contribution in [3.63, 3.8) is 0 Å². The first kappa shape index (κ1) is 23.1. The van der Waals surface area contributed by atoms with E-state index in [1.54, 1.807) is 14.2 Å². The number of nitrogens with zero attached hydrogens (tertiary/aromatic N) is 1. The molecule has 3 fully saturated rings. The topological polar surface area (TPSA) is 60.0 Å². The fourth-order valence-corrected chi connectivity index (χ4v) is 9.13. The average molecular weight is 513 g/mol. The first-order chi connectivity index (χ1) is 18.6. The summed E-state index contributed by atoms with van der Waals surface area (Å²) in [6.07, 6.45) is 9.88. The van der Waals surface area contributed by atoms with Crippen LogP contribution in [0.1, 0.15) is 42.4 Å². The maximum Gasteiger partial charge on any atom is 0.226 e. The molecular weight excluding hydrogens is 476 g/mol. The molecule has 2 unspecified atom stereocenters. The largest absolute Gasteiger partial charge is 0.493 e. The van der Waals surface area contributed by atoms with E-state index in [4.69, 9.17) is 14.2 Å². The van der Waals surface area contributed by atoms with E-state index in [1.807, 2.05) is 18.2 Å². The molecule has 0 radical (unpaired) electrons. The predicted molar refractivity (Wildman–Crippen MR) is 143 cm³/mol. The zero-order valence-corrected chi connectivity index (χ0v) is 22.2. The zero-order chi connectivity index (χ0) is 25.7. The highest BCUT2D eigenvalue weighted by Crippen LogP contribution is 2.74. The number of likely N-dealkylation sites (tertiary alicyclic amines) is 1. The second-order valence-corrected chi connectivity index (χ2v) is 12.4. The molecule has 1 N–H and O–H groups in total. The van der Waals surface area contributed by atoms with Crippen LogP contribution in [-0.2, 0) is 27.9 Å². The first-order valence-electron chi connectivity index (χ1n) is 14.2. The summed E-state index contributed by atoms with van der Waals surface area (Å²) in [5.41, 5.74) is 2.60. The van der Waals surface area contributed by atoms with Crippen molar-refractivity contribution in [2.75, 3.05) is 27.3 Å². The Morgan fingerprint density at radius 2 is 1.97 bits per heavy atom. The number of hydrogen-bond donors (Lipinski definition) is 1. The minimum absolute atomic E-state index is 0.0541. The van der Waals surface area contributed by atoms with Crippen LogP contribution < -0.4 is 14.8 Å². The number of hydrogen-bond acceptors (Lipinski definition) is 5. The lowest BCUT2D eigenvalue weighted by molar-refractivity contribution is -0.215. The smallest absolute Gasteiger partial charge is 0.226 e. The summed E-state index contributed by atoms with van der Waals surface area (Å²) in [7, 11) is 3.48. The Kier molecular flexibility index (Phi) is 4.77. The summed E-state index contributed by atoms with van der Waals surface area (Å²) in [6, 6.07) is 14.8. The van der Waals surface area contributed by atoms with E-state index in [-0.39, 0.29) is 28.8 Å². The third-order valence-electron chi connectivity index (χ3n) is 10.9. The lowest BCUT2D eigenvalue weighted by Gasteiger charge is -2.71. The van der Waals surface area contributed by atoms with Gasteiger partial charge in [0.2, 0.25) is 5.91 Å². The molecule has 5 aliphatic carbocycles. The summed E-state index contributed by atoms with van der Waals surface area (Å²) < 4.78 is 19.3. The van der Waals surface area contributed by atoms with Crippen molar-refractivity contribution in [2.24, 2.45) is 17.3 Å². The number of carbonyl (C=O) groups is 1. The third kappa shape index (κ3) is 2.73. The molecule has 2 aromatic carbocycles. The van der Waals surface area contributed by atoms with E-state index >= 15 is 0 Å². The second-order valence-electron chi connectivity index (χ2n) is 12.4. The number of nitrogens with one attached hydrogen (secondary N) is 1. The Hall–Kier alpha value is -2.83. The van der Waals surface area contributed by atoms with Gasteiger partial charge in [-0.25, -0.2) is 0 Å². The van der Waals surface area contributed by atoms with Gasteiger partial charge in [0.05, 0.1) is 18.4 Å². The molecule has 38 heavy (non-hydrogen) atoms. The normalized spacial score (nSPS) is 37.5. The van der Waals surface area contributed by atoms with Gasteiger partial charge in [-0.05, 0) is 61.8 Å². The minimum Gasteiger partial charge on any atom is -0.493 e. The van der Waals surface area contributed by atoms with Gasteiger partial charge >= 0.3 is 0 Å². The molecule has 4 bridgehead atoms. The van der Waals surface area contributed by atoms with Gasteiger partial charge in [-0.15, -0.1) is 0 Å². The van der Waals surface area contributed by atoms with Crippen LogP contribution in [0.4, 0.5) is 0 Å². The van der Waals surface area contributed by atoms with Gasteiger partial charge in [0.15, 0.2) is 11.5 Å². The molecule has 9 rings (SSSR count). The highest BCUT2D eigenvalue weighted by Gasteiger charge is 2.80. The molecule has 1 amide bonds. The summed E-state index contributed by atoms with van der Waals surface area (Å²) in [5, 5.41) is 3.26. The van der Waals surface area contributed by atoms with Gasteiger partial charge < -0.3 is 19.5 Å². The molecule has 2 spiro atoms. The first-order valence-corrected chi connectivity index (χ1v) is 14.2. The van der Waals surface area contributed by atoms with E-state index in [2.05, 4.69) is 46.6 Å². The van der Waals surface area contributed by atoms with Gasteiger partial charge in [-0.1, -0.05) is 48.6 Å². The van der Waals surface area contributed by atoms with E-state index in [1.165, 1.54) is 30.5 Å². The van der Waals surface area contributed by atoms with Crippen molar-refractivity contribution in [2.45, 2.75) is 61.8 Å². The van der Waals surface area contributed by atoms with Gasteiger partial charge in [0.25, 0.3) is 0 Å². The molecule has 1 saturated heterocycles. The minimum atomic E-state index is -0.829. The van der Waals surface area contributed by atoms with Gasteiger partial charge in [0, 0.05) is 37.2 Å². The maximum atomic E-state index is 14.1. The number of benzene rings is 2. The van der Waals surface area contributed by atoms with Crippen molar-refractivity contribution in [3.05, 3.63) is 71.3 Å². The van der Waals surface area contributed by atoms with Crippen LogP contribution >= 0.6 is 0 Å². The van der Waals surface area contributed by atoms with Crippen molar-refractivity contribution >= 4 is 5.91 Å². The zero-order valence-electron chi connectivity index (χ0n) is 22.2. The van der Waals surface area contributed by atoms with Crippen LogP contribution in [0, 0.1) is 17.3 Å². The van der Waals surface area contributed by atoms with Crippen LogP contribution in [0.5, 0.6) is 11.5 Å². The number of carbonyl (C=O) groups excluding carboxylic acids is 1. The highest BCUT2D eigenvalue weighted by molar-refractivity contribution is 5.83. The quantitative estimate of drug-likeness (QED) is 0.568. The Morgan fingerprint density at radius 3 is 2.74 bits per heavy atom. The van der Waals surface area contributed by atoms with Gasteiger partial charge in [-0.3, -0.25) is 9.69 Å². The predicted octanol–water partition coefficient (Wildman–Crippen LogP) is 4.01. The molecule has 6 atom stereocenters. The SMILES string of the molecule is COc1ccc2c3c1OC1C4(OC)C=C[C@@]5(C[C@@H]4C(=O)NCc4ccccc4)[C@H](C2)N(CC2CC2)CC[C@]315. The lowest BCUT2D eigenvalue weighted by atomic mass is 9.37. The van der Waals surface area contributed by atoms with Crippen LogP contribution in [0.25, 0.3) is 0 Å². The van der Waals surface area contributed by atoms with Gasteiger partial charge in [0.1, 0.15) is 11.7 Å². The third-order valence-corrected chi connectivity index (χ3v) is 10.9.